The summed E-state index contributed by atoms with van der Waals surface area (Å²) in [6.45, 7) is 0.932. The van der Waals surface area contributed by atoms with Crippen molar-refractivity contribution in [2.75, 3.05) is 0 Å². The number of nitrogens with zero attached hydrogens (tertiary/aromatic N) is 3. The number of aromatic nitrogens is 2. The van der Waals surface area contributed by atoms with E-state index in [1.807, 2.05) is 4.68 Å². The van der Waals surface area contributed by atoms with Gasteiger partial charge >= 0.3 is 0 Å². The van der Waals surface area contributed by atoms with Crippen LogP contribution >= 0.6 is 0 Å². The first-order valence-corrected chi connectivity index (χ1v) is 6.34. The van der Waals surface area contributed by atoms with Gasteiger partial charge in [-0.2, -0.15) is 5.10 Å². The maximum absolute atomic E-state index is 10.7. The van der Waals surface area contributed by atoms with Gasteiger partial charge in [0.25, 0.3) is 5.69 Å². The highest BCUT2D eigenvalue weighted by molar-refractivity contribution is 5.81. The largest absolute Gasteiger partial charge is 0.270 e. The molecule has 3 rings (SSSR count). The maximum atomic E-state index is 10.7. The molecule has 0 saturated heterocycles. The second kappa shape index (κ2) is 4.40. The van der Waals surface area contributed by atoms with Gasteiger partial charge in [0.05, 0.1) is 16.6 Å². The van der Waals surface area contributed by atoms with Crippen LogP contribution in [0.1, 0.15) is 25.7 Å². The van der Waals surface area contributed by atoms with Gasteiger partial charge < -0.3 is 0 Å². The molecule has 18 heavy (non-hydrogen) atoms. The number of non-ortho nitro benzene ring substituents is 1. The van der Waals surface area contributed by atoms with E-state index in [4.69, 9.17) is 0 Å². The predicted octanol–water partition coefficient (Wildman–Crippen LogP) is 3.13. The first-order chi connectivity index (χ1) is 8.74. The van der Waals surface area contributed by atoms with Gasteiger partial charge in [0, 0.05) is 24.1 Å². The van der Waals surface area contributed by atoms with Crippen molar-refractivity contribution in [2.24, 2.45) is 5.92 Å². The van der Waals surface area contributed by atoms with E-state index in [9.17, 15) is 10.1 Å². The van der Waals surface area contributed by atoms with Gasteiger partial charge in [-0.15, -0.1) is 0 Å². The zero-order chi connectivity index (χ0) is 12.5. The Hall–Kier alpha value is -1.91. The quantitative estimate of drug-likeness (QED) is 0.616. The molecule has 94 valence electrons. The van der Waals surface area contributed by atoms with Crippen LogP contribution < -0.4 is 0 Å². The first-order valence-electron chi connectivity index (χ1n) is 6.34. The van der Waals surface area contributed by atoms with Gasteiger partial charge in [0.2, 0.25) is 0 Å². The molecule has 5 heteroatoms. The second-order valence-electron chi connectivity index (χ2n) is 4.98. The number of nitro groups is 1. The van der Waals surface area contributed by atoms with Crippen LogP contribution in [0.2, 0.25) is 0 Å². The lowest BCUT2D eigenvalue weighted by molar-refractivity contribution is -0.384. The Labute approximate surface area is 105 Å². The van der Waals surface area contributed by atoms with Gasteiger partial charge in [-0.1, -0.05) is 12.8 Å². The van der Waals surface area contributed by atoms with E-state index >= 15 is 0 Å². The molecule has 0 N–H and O–H groups in total. The van der Waals surface area contributed by atoms with Crippen LogP contribution in [0.15, 0.2) is 24.4 Å². The van der Waals surface area contributed by atoms with Crippen molar-refractivity contribution in [3.63, 3.8) is 0 Å². The summed E-state index contributed by atoms with van der Waals surface area (Å²) in [5.74, 6) is 0.711. The van der Waals surface area contributed by atoms with Crippen molar-refractivity contribution in [3.05, 3.63) is 34.5 Å². The Kier molecular flexibility index (Phi) is 2.74. The minimum absolute atomic E-state index is 0.128. The standard InChI is InChI=1S/C13H15N3O2/c17-16(18)12-5-6-13-11(7-12)8-14-15(13)9-10-3-1-2-4-10/h5-8,10H,1-4,9H2. The Balaban J connectivity index is 1.91. The molecule has 0 unspecified atom stereocenters. The molecular formula is C13H15N3O2. The molecule has 0 atom stereocenters. The topological polar surface area (TPSA) is 61.0 Å². The van der Waals surface area contributed by atoms with Gasteiger partial charge in [-0.3, -0.25) is 14.8 Å². The fourth-order valence-corrected chi connectivity index (χ4v) is 2.77. The summed E-state index contributed by atoms with van der Waals surface area (Å²) >= 11 is 0. The van der Waals surface area contributed by atoms with Crippen molar-refractivity contribution in [1.82, 2.24) is 9.78 Å². The van der Waals surface area contributed by atoms with E-state index < -0.39 is 0 Å². The number of hydrogen-bond donors (Lipinski definition) is 0. The minimum atomic E-state index is -0.367. The van der Waals surface area contributed by atoms with Crippen molar-refractivity contribution in [3.8, 4) is 0 Å². The molecular weight excluding hydrogens is 230 g/mol. The zero-order valence-electron chi connectivity index (χ0n) is 10.1. The summed E-state index contributed by atoms with van der Waals surface area (Å²) in [6.07, 6.45) is 6.89. The molecule has 0 spiro atoms. The molecule has 0 amide bonds. The number of nitro benzene ring substituents is 1. The minimum Gasteiger partial charge on any atom is -0.265 e. The highest BCUT2D eigenvalue weighted by atomic mass is 16.6. The third-order valence-electron chi connectivity index (χ3n) is 3.74. The molecule has 1 fully saturated rings. The van der Waals surface area contributed by atoms with E-state index in [1.54, 1.807) is 24.4 Å². The summed E-state index contributed by atoms with van der Waals surface area (Å²) in [5, 5.41) is 15.9. The first kappa shape index (κ1) is 11.2. The molecule has 0 radical (unpaired) electrons. The third kappa shape index (κ3) is 1.96. The van der Waals surface area contributed by atoms with Crippen LogP contribution in [0.25, 0.3) is 10.9 Å². The average Bonchev–Trinajstić information content (AvgIpc) is 2.99. The average molecular weight is 245 g/mol. The Morgan fingerprint density at radius 1 is 1.39 bits per heavy atom. The summed E-state index contributed by atoms with van der Waals surface area (Å²) in [5.41, 5.74) is 1.12. The summed E-state index contributed by atoms with van der Waals surface area (Å²) in [4.78, 5) is 10.3. The number of fused-ring (bicyclic) bond motifs is 1. The van der Waals surface area contributed by atoms with Gasteiger partial charge in [0.15, 0.2) is 0 Å². The molecule has 5 nitrogen and oxygen atoms in total. The van der Waals surface area contributed by atoms with Crippen molar-refractivity contribution in [2.45, 2.75) is 32.2 Å². The molecule has 1 aliphatic rings. The monoisotopic (exact) mass is 245 g/mol. The Morgan fingerprint density at radius 3 is 2.89 bits per heavy atom. The molecule has 1 aliphatic carbocycles. The lowest BCUT2D eigenvalue weighted by Gasteiger charge is -2.09. The summed E-state index contributed by atoms with van der Waals surface area (Å²) < 4.78 is 1.98. The highest BCUT2D eigenvalue weighted by Gasteiger charge is 2.17. The Morgan fingerprint density at radius 2 is 2.17 bits per heavy atom. The molecule has 0 aliphatic heterocycles. The van der Waals surface area contributed by atoms with Crippen LogP contribution in [0.4, 0.5) is 5.69 Å². The van der Waals surface area contributed by atoms with Crippen molar-refractivity contribution >= 4 is 16.6 Å². The second-order valence-corrected chi connectivity index (χ2v) is 4.98. The van der Waals surface area contributed by atoms with E-state index in [0.29, 0.717) is 5.92 Å². The molecule has 0 bridgehead atoms. The van der Waals surface area contributed by atoms with E-state index in [0.717, 1.165) is 17.4 Å². The Bertz CT molecular complexity index is 585. The van der Waals surface area contributed by atoms with Crippen LogP contribution in [-0.2, 0) is 6.54 Å². The molecule has 2 aromatic rings. The van der Waals surface area contributed by atoms with Crippen LogP contribution in [0.3, 0.4) is 0 Å². The van der Waals surface area contributed by atoms with E-state index in [2.05, 4.69) is 5.10 Å². The molecule has 1 aromatic carbocycles. The van der Waals surface area contributed by atoms with Gasteiger partial charge in [-0.05, 0) is 24.8 Å². The number of benzene rings is 1. The number of hydrogen-bond acceptors (Lipinski definition) is 3. The molecule has 1 aromatic heterocycles. The lowest BCUT2D eigenvalue weighted by atomic mass is 10.1. The SMILES string of the molecule is O=[N+]([O-])c1ccc2c(cnn2CC2CCCC2)c1. The zero-order valence-corrected chi connectivity index (χ0v) is 10.1. The predicted molar refractivity (Wildman–Crippen MR) is 68.3 cm³/mol. The lowest BCUT2D eigenvalue weighted by Crippen LogP contribution is -2.08. The third-order valence-corrected chi connectivity index (χ3v) is 3.74. The van der Waals surface area contributed by atoms with Gasteiger partial charge in [0.1, 0.15) is 0 Å². The van der Waals surface area contributed by atoms with Crippen LogP contribution in [0, 0.1) is 16.0 Å². The van der Waals surface area contributed by atoms with Crippen molar-refractivity contribution in [1.29, 1.82) is 0 Å². The number of rotatable bonds is 3. The summed E-state index contributed by atoms with van der Waals surface area (Å²) in [7, 11) is 0. The maximum Gasteiger partial charge on any atom is 0.270 e. The smallest absolute Gasteiger partial charge is 0.265 e. The van der Waals surface area contributed by atoms with Crippen LogP contribution in [-0.4, -0.2) is 14.7 Å². The van der Waals surface area contributed by atoms with E-state index in [1.165, 1.54) is 25.7 Å². The molecule has 1 saturated carbocycles. The van der Waals surface area contributed by atoms with E-state index in [-0.39, 0.29) is 10.6 Å². The molecule has 1 heterocycles. The highest BCUT2D eigenvalue weighted by Crippen LogP contribution is 2.28. The van der Waals surface area contributed by atoms with Gasteiger partial charge in [-0.25, -0.2) is 0 Å². The van der Waals surface area contributed by atoms with Crippen LogP contribution in [0.5, 0.6) is 0 Å². The normalized spacial score (nSPS) is 16.4. The fourth-order valence-electron chi connectivity index (χ4n) is 2.77. The fraction of sp³-hybridized carbons (Fsp3) is 0.462. The van der Waals surface area contributed by atoms with Crippen molar-refractivity contribution < 1.29 is 4.92 Å². The summed E-state index contributed by atoms with van der Waals surface area (Å²) in [6, 6.07) is 4.94.